The van der Waals surface area contributed by atoms with E-state index < -0.39 is 23.0 Å². The molecule has 1 atom stereocenters. The quantitative estimate of drug-likeness (QED) is 0.103. The molecule has 190 valence electrons. The third-order valence-electron chi connectivity index (χ3n) is 4.79. The molecular weight excluding hydrogens is 510 g/mol. The van der Waals surface area contributed by atoms with Crippen molar-refractivity contribution in [3.63, 3.8) is 0 Å². The highest BCUT2D eigenvalue weighted by Crippen LogP contribution is 2.29. The third-order valence-corrected chi connectivity index (χ3v) is 8.58. The third kappa shape index (κ3) is 10.4. The average molecular weight is 540 g/mol. The van der Waals surface area contributed by atoms with Gasteiger partial charge in [-0.2, -0.15) is 0 Å². The number of imide groups is 1. The Kier molecular flexibility index (Phi) is 13.5. The standard InChI is InChI=1S/C19H23N5O5S.C3H6S2/c1-2-3-4-10-21-16(25)9-11-30-15-12-17(26)24(18(15)27)29-19(28)13-5-7-14(8-6-13)22-23-20;1-2-4-5-3-1/h5-8,15H,2-4,9-12H2,1H3,(H,21,25);1-3H2. The molecule has 2 aliphatic heterocycles. The molecule has 3 amide bonds. The summed E-state index contributed by atoms with van der Waals surface area (Å²) in [5.74, 6) is 0.943. The van der Waals surface area contributed by atoms with Gasteiger partial charge in [-0.05, 0) is 30.5 Å². The molecule has 2 saturated heterocycles. The van der Waals surface area contributed by atoms with Gasteiger partial charge in [-0.1, -0.05) is 58.6 Å². The lowest BCUT2D eigenvalue weighted by Crippen LogP contribution is -2.34. The molecule has 10 nitrogen and oxygen atoms in total. The number of unbranched alkanes of at least 4 members (excludes halogenated alkanes) is 2. The van der Waals surface area contributed by atoms with Crippen molar-refractivity contribution in [3.05, 3.63) is 40.3 Å². The molecule has 0 spiro atoms. The molecule has 2 fully saturated rings. The number of hydrogen-bond donors (Lipinski definition) is 1. The molecule has 0 saturated carbocycles. The van der Waals surface area contributed by atoms with Gasteiger partial charge >= 0.3 is 5.97 Å². The first-order chi connectivity index (χ1) is 17.0. The van der Waals surface area contributed by atoms with E-state index in [9.17, 15) is 19.2 Å². The molecule has 3 rings (SSSR count). The van der Waals surface area contributed by atoms with E-state index in [1.807, 2.05) is 21.6 Å². The summed E-state index contributed by atoms with van der Waals surface area (Å²) in [5.41, 5.74) is 8.80. The summed E-state index contributed by atoms with van der Waals surface area (Å²) in [4.78, 5) is 56.0. The maximum Gasteiger partial charge on any atom is 0.363 e. The van der Waals surface area contributed by atoms with Crippen molar-refractivity contribution in [2.45, 2.75) is 50.7 Å². The number of carbonyl (C=O) groups is 4. The second-order valence-electron chi connectivity index (χ2n) is 7.51. The van der Waals surface area contributed by atoms with Gasteiger partial charge in [0.2, 0.25) is 5.91 Å². The second-order valence-corrected chi connectivity index (χ2v) is 11.5. The van der Waals surface area contributed by atoms with E-state index in [0.717, 1.165) is 19.3 Å². The molecule has 1 unspecified atom stereocenters. The SMILES string of the molecule is C1CSSC1.CCCCCNC(=O)CCSC1CC(=O)N(OC(=O)c2ccc(N=[N+]=[N-])cc2)C1=O. The number of rotatable bonds is 11. The summed E-state index contributed by atoms with van der Waals surface area (Å²) in [7, 11) is 3.98. The average Bonchev–Trinajstić information content (AvgIpc) is 3.52. The maximum absolute atomic E-state index is 12.4. The molecular formula is C22H29N5O5S3. The van der Waals surface area contributed by atoms with Gasteiger partial charge in [-0.15, -0.1) is 16.8 Å². The van der Waals surface area contributed by atoms with Gasteiger partial charge in [0.05, 0.1) is 17.2 Å². The van der Waals surface area contributed by atoms with Gasteiger partial charge in [0, 0.05) is 40.8 Å². The Labute approximate surface area is 216 Å². The highest BCUT2D eigenvalue weighted by atomic mass is 33.1. The normalized spacial score (nSPS) is 16.8. The van der Waals surface area contributed by atoms with Gasteiger partial charge < -0.3 is 10.2 Å². The molecule has 35 heavy (non-hydrogen) atoms. The predicted molar refractivity (Wildman–Crippen MR) is 140 cm³/mol. The number of amides is 3. The number of carbonyl (C=O) groups excluding carboxylic acids is 4. The zero-order valence-electron chi connectivity index (χ0n) is 19.5. The molecule has 13 heteroatoms. The zero-order valence-corrected chi connectivity index (χ0v) is 22.0. The molecule has 1 N–H and O–H groups in total. The minimum atomic E-state index is -0.874. The van der Waals surface area contributed by atoms with Gasteiger partial charge in [-0.25, -0.2) is 4.79 Å². The van der Waals surface area contributed by atoms with Crippen LogP contribution in [0, 0.1) is 0 Å². The minimum Gasteiger partial charge on any atom is -0.356 e. The number of hydrogen-bond acceptors (Lipinski definition) is 9. The number of hydroxylamine groups is 2. The topological polar surface area (TPSA) is 142 Å². The molecule has 0 radical (unpaired) electrons. The van der Waals surface area contributed by atoms with E-state index in [-0.39, 0.29) is 24.3 Å². The highest BCUT2D eigenvalue weighted by Gasteiger charge is 2.42. The van der Waals surface area contributed by atoms with Crippen LogP contribution in [0.25, 0.3) is 10.4 Å². The predicted octanol–water partition coefficient (Wildman–Crippen LogP) is 5.03. The minimum absolute atomic E-state index is 0.0925. The highest BCUT2D eigenvalue weighted by molar-refractivity contribution is 8.77. The maximum atomic E-state index is 12.4. The summed E-state index contributed by atoms with van der Waals surface area (Å²) in [6, 6.07) is 5.55. The van der Waals surface area contributed by atoms with Crippen LogP contribution in [0.2, 0.25) is 0 Å². The summed E-state index contributed by atoms with van der Waals surface area (Å²) in [5, 5.41) is 5.99. The van der Waals surface area contributed by atoms with Crippen LogP contribution < -0.4 is 5.32 Å². The number of thioether (sulfide) groups is 1. The lowest BCUT2D eigenvalue weighted by atomic mass is 10.2. The van der Waals surface area contributed by atoms with Crippen molar-refractivity contribution in [2.24, 2.45) is 5.11 Å². The summed E-state index contributed by atoms with van der Waals surface area (Å²) in [6.07, 6.45) is 4.64. The van der Waals surface area contributed by atoms with Gasteiger partial charge in [0.25, 0.3) is 11.8 Å². The molecule has 0 aliphatic carbocycles. The van der Waals surface area contributed by atoms with Crippen molar-refractivity contribution in [3.8, 4) is 0 Å². The molecule has 2 heterocycles. The van der Waals surface area contributed by atoms with Crippen molar-refractivity contribution in [1.82, 2.24) is 10.4 Å². The fraction of sp³-hybridized carbons (Fsp3) is 0.545. The Balaban J connectivity index is 0.000000764. The van der Waals surface area contributed by atoms with Crippen LogP contribution in [0.5, 0.6) is 0 Å². The largest absolute Gasteiger partial charge is 0.363 e. The first kappa shape index (κ1) is 28.9. The Hall–Kier alpha value is -2.34. The van der Waals surface area contributed by atoms with Crippen molar-refractivity contribution in [1.29, 1.82) is 0 Å². The Morgan fingerprint density at radius 3 is 2.54 bits per heavy atom. The Morgan fingerprint density at radius 1 is 1.23 bits per heavy atom. The Bertz CT molecular complexity index is 913. The van der Waals surface area contributed by atoms with E-state index in [0.29, 0.717) is 23.0 Å². The fourth-order valence-electron chi connectivity index (χ4n) is 2.94. The second kappa shape index (κ2) is 16.4. The first-order valence-electron chi connectivity index (χ1n) is 11.3. The number of nitrogens with one attached hydrogen (secondary N) is 1. The van der Waals surface area contributed by atoms with Gasteiger partial charge in [0.15, 0.2) is 0 Å². The first-order valence-corrected chi connectivity index (χ1v) is 14.9. The van der Waals surface area contributed by atoms with Gasteiger partial charge in [0.1, 0.15) is 0 Å². The number of azide groups is 1. The molecule has 1 aromatic carbocycles. The number of benzene rings is 1. The van der Waals surface area contributed by atoms with E-state index in [1.165, 1.54) is 54.0 Å². The smallest absolute Gasteiger partial charge is 0.356 e. The van der Waals surface area contributed by atoms with Crippen molar-refractivity contribution in [2.75, 3.05) is 23.8 Å². The Morgan fingerprint density at radius 2 is 1.94 bits per heavy atom. The molecule has 0 bridgehead atoms. The molecule has 2 aliphatic rings. The van der Waals surface area contributed by atoms with Crippen LogP contribution in [0.4, 0.5) is 5.69 Å². The van der Waals surface area contributed by atoms with Crippen molar-refractivity contribution < 1.29 is 24.0 Å². The van der Waals surface area contributed by atoms with E-state index in [2.05, 4.69) is 22.3 Å². The summed E-state index contributed by atoms with van der Waals surface area (Å²) in [6.45, 7) is 2.71. The van der Waals surface area contributed by atoms with Crippen LogP contribution >= 0.6 is 33.3 Å². The summed E-state index contributed by atoms with van der Waals surface area (Å²) < 4.78 is 0. The van der Waals surface area contributed by atoms with Crippen LogP contribution in [0.1, 0.15) is 55.8 Å². The number of nitrogens with zero attached hydrogens (tertiary/aromatic N) is 4. The van der Waals surface area contributed by atoms with Crippen LogP contribution in [-0.4, -0.2) is 57.8 Å². The fourth-order valence-corrected chi connectivity index (χ4v) is 6.38. The van der Waals surface area contributed by atoms with Gasteiger partial charge in [-0.3, -0.25) is 14.4 Å². The van der Waals surface area contributed by atoms with Crippen LogP contribution in [0.3, 0.4) is 0 Å². The molecule has 0 aromatic heterocycles. The lowest BCUT2D eigenvalue weighted by Gasteiger charge is -2.13. The lowest BCUT2D eigenvalue weighted by molar-refractivity contribution is -0.172. The van der Waals surface area contributed by atoms with E-state index in [4.69, 9.17) is 10.4 Å². The van der Waals surface area contributed by atoms with Crippen molar-refractivity contribution >= 4 is 62.7 Å². The van der Waals surface area contributed by atoms with E-state index >= 15 is 0 Å². The summed E-state index contributed by atoms with van der Waals surface area (Å²) >= 11 is 1.19. The van der Waals surface area contributed by atoms with Crippen LogP contribution in [0.15, 0.2) is 29.4 Å². The molecule has 1 aromatic rings. The van der Waals surface area contributed by atoms with E-state index in [1.54, 1.807) is 0 Å². The van der Waals surface area contributed by atoms with Crippen LogP contribution in [-0.2, 0) is 19.2 Å². The zero-order chi connectivity index (χ0) is 25.5. The monoisotopic (exact) mass is 539 g/mol.